The SMILES string of the molecule is O=C(NC(=S)Nc1cccc(OCCOc2ccccc2)c1)C1CC1. The molecule has 0 aromatic heterocycles. The van der Waals surface area contributed by atoms with Crippen molar-refractivity contribution in [3.05, 3.63) is 54.6 Å². The van der Waals surface area contributed by atoms with Gasteiger partial charge < -0.3 is 20.1 Å². The van der Waals surface area contributed by atoms with Crippen LogP contribution in [0.2, 0.25) is 0 Å². The molecule has 5 nitrogen and oxygen atoms in total. The number of rotatable bonds is 7. The molecule has 0 radical (unpaired) electrons. The Morgan fingerprint density at radius 1 is 1.00 bits per heavy atom. The average Bonchev–Trinajstić information content (AvgIpc) is 3.45. The number of anilines is 1. The lowest BCUT2D eigenvalue weighted by Gasteiger charge is -2.12. The number of nitrogens with one attached hydrogen (secondary N) is 2. The second kappa shape index (κ2) is 8.48. The minimum absolute atomic E-state index is 0.0111. The zero-order valence-corrected chi connectivity index (χ0v) is 14.6. The number of thiocarbonyl (C=S) groups is 1. The molecule has 0 atom stereocenters. The van der Waals surface area contributed by atoms with E-state index in [2.05, 4.69) is 10.6 Å². The number of ether oxygens (including phenoxy) is 2. The van der Waals surface area contributed by atoms with Gasteiger partial charge in [0.25, 0.3) is 0 Å². The number of amides is 1. The molecular weight excluding hydrogens is 336 g/mol. The highest BCUT2D eigenvalue weighted by atomic mass is 32.1. The second-order valence-corrected chi connectivity index (χ2v) is 6.16. The predicted octanol–water partition coefficient (Wildman–Crippen LogP) is 3.37. The average molecular weight is 356 g/mol. The topological polar surface area (TPSA) is 59.6 Å². The molecule has 0 heterocycles. The van der Waals surface area contributed by atoms with Crippen LogP contribution in [0.3, 0.4) is 0 Å². The molecule has 1 fully saturated rings. The van der Waals surface area contributed by atoms with Gasteiger partial charge in [-0.1, -0.05) is 24.3 Å². The first kappa shape index (κ1) is 17.2. The van der Waals surface area contributed by atoms with Crippen LogP contribution in [0.1, 0.15) is 12.8 Å². The molecule has 0 spiro atoms. The number of hydrogen-bond donors (Lipinski definition) is 2. The van der Waals surface area contributed by atoms with E-state index >= 15 is 0 Å². The van der Waals surface area contributed by atoms with E-state index in [1.807, 2.05) is 54.6 Å². The van der Waals surface area contributed by atoms with Crippen LogP contribution >= 0.6 is 12.2 Å². The lowest BCUT2D eigenvalue weighted by atomic mass is 10.3. The minimum atomic E-state index is -0.0111. The second-order valence-electron chi connectivity index (χ2n) is 5.76. The van der Waals surface area contributed by atoms with Gasteiger partial charge in [0.2, 0.25) is 5.91 Å². The van der Waals surface area contributed by atoms with Gasteiger partial charge in [0, 0.05) is 17.7 Å². The number of carbonyl (C=O) groups excluding carboxylic acids is 1. The number of benzene rings is 2. The van der Waals surface area contributed by atoms with Crippen molar-refractivity contribution in [1.29, 1.82) is 0 Å². The molecule has 2 N–H and O–H groups in total. The van der Waals surface area contributed by atoms with E-state index in [9.17, 15) is 4.79 Å². The normalized spacial score (nSPS) is 13.0. The van der Waals surface area contributed by atoms with Crippen LogP contribution in [0.5, 0.6) is 11.5 Å². The molecule has 1 saturated carbocycles. The van der Waals surface area contributed by atoms with E-state index in [4.69, 9.17) is 21.7 Å². The van der Waals surface area contributed by atoms with Gasteiger partial charge in [-0.2, -0.15) is 0 Å². The summed E-state index contributed by atoms with van der Waals surface area (Å²) >= 11 is 5.16. The molecule has 1 aliphatic carbocycles. The van der Waals surface area contributed by atoms with Crippen LogP contribution in [-0.4, -0.2) is 24.2 Å². The molecule has 6 heteroatoms. The Hall–Kier alpha value is -2.60. The van der Waals surface area contributed by atoms with Gasteiger partial charge in [-0.15, -0.1) is 0 Å². The Balaban J connectivity index is 1.42. The fraction of sp³-hybridized carbons (Fsp3) is 0.263. The van der Waals surface area contributed by atoms with Crippen molar-refractivity contribution in [1.82, 2.24) is 5.32 Å². The first-order valence-electron chi connectivity index (χ1n) is 8.23. The van der Waals surface area contributed by atoms with Crippen molar-refractivity contribution in [2.45, 2.75) is 12.8 Å². The monoisotopic (exact) mass is 356 g/mol. The molecule has 130 valence electrons. The van der Waals surface area contributed by atoms with Crippen LogP contribution < -0.4 is 20.1 Å². The molecule has 2 aromatic rings. The number of hydrogen-bond acceptors (Lipinski definition) is 4. The van der Waals surface area contributed by atoms with E-state index < -0.39 is 0 Å². The lowest BCUT2D eigenvalue weighted by molar-refractivity contribution is -0.120. The van der Waals surface area contributed by atoms with Crippen LogP contribution in [0, 0.1) is 5.92 Å². The Morgan fingerprint density at radius 3 is 2.40 bits per heavy atom. The molecule has 0 saturated heterocycles. The van der Waals surface area contributed by atoms with Crippen LogP contribution in [0.4, 0.5) is 5.69 Å². The van der Waals surface area contributed by atoms with Gasteiger partial charge in [-0.05, 0) is 49.3 Å². The van der Waals surface area contributed by atoms with Gasteiger partial charge in [0.05, 0.1) is 0 Å². The fourth-order valence-electron chi connectivity index (χ4n) is 2.22. The van der Waals surface area contributed by atoms with Crippen molar-refractivity contribution in [3.8, 4) is 11.5 Å². The highest BCUT2D eigenvalue weighted by Gasteiger charge is 2.29. The first-order chi connectivity index (χ1) is 12.2. The number of para-hydroxylation sites is 1. The van der Waals surface area contributed by atoms with Crippen molar-refractivity contribution in [2.24, 2.45) is 5.92 Å². The largest absolute Gasteiger partial charge is 0.490 e. The van der Waals surface area contributed by atoms with Gasteiger partial charge in [0.1, 0.15) is 24.7 Å². The molecule has 1 amide bonds. The molecule has 1 aliphatic rings. The molecule has 0 aliphatic heterocycles. The summed E-state index contributed by atoms with van der Waals surface area (Å²) in [5.74, 6) is 1.64. The summed E-state index contributed by atoms with van der Waals surface area (Å²) in [7, 11) is 0. The standard InChI is InChI=1S/C19H20N2O3S/c22-18(14-9-10-14)21-19(25)20-15-5-4-8-17(13-15)24-12-11-23-16-6-2-1-3-7-16/h1-8,13-14H,9-12H2,(H2,20,21,22,25). The zero-order chi connectivity index (χ0) is 17.5. The quantitative estimate of drug-likeness (QED) is 0.588. The van der Waals surface area contributed by atoms with Gasteiger partial charge in [-0.3, -0.25) is 4.79 Å². The third kappa shape index (κ3) is 5.76. The fourth-order valence-corrected chi connectivity index (χ4v) is 2.44. The molecule has 2 aromatic carbocycles. The van der Waals surface area contributed by atoms with E-state index in [1.165, 1.54) is 0 Å². The Labute approximate surface area is 152 Å². The van der Waals surface area contributed by atoms with E-state index in [0.717, 1.165) is 24.3 Å². The van der Waals surface area contributed by atoms with Gasteiger partial charge >= 0.3 is 0 Å². The molecule has 25 heavy (non-hydrogen) atoms. The third-order valence-corrected chi connectivity index (χ3v) is 3.84. The van der Waals surface area contributed by atoms with Crippen LogP contribution in [0.25, 0.3) is 0 Å². The molecule has 0 bridgehead atoms. The maximum absolute atomic E-state index is 11.7. The Morgan fingerprint density at radius 2 is 1.68 bits per heavy atom. The third-order valence-electron chi connectivity index (χ3n) is 3.64. The van der Waals surface area contributed by atoms with E-state index in [1.54, 1.807) is 0 Å². The summed E-state index contributed by atoms with van der Waals surface area (Å²) in [4.78, 5) is 11.7. The van der Waals surface area contributed by atoms with Crippen molar-refractivity contribution in [3.63, 3.8) is 0 Å². The maximum atomic E-state index is 11.7. The van der Waals surface area contributed by atoms with E-state index in [0.29, 0.717) is 24.1 Å². The Kier molecular flexibility index (Phi) is 5.85. The molecule has 3 rings (SSSR count). The highest BCUT2D eigenvalue weighted by Crippen LogP contribution is 2.28. The van der Waals surface area contributed by atoms with Crippen molar-refractivity contribution in [2.75, 3.05) is 18.5 Å². The lowest BCUT2D eigenvalue weighted by Crippen LogP contribution is -2.35. The van der Waals surface area contributed by atoms with Crippen molar-refractivity contribution < 1.29 is 14.3 Å². The summed E-state index contributed by atoms with van der Waals surface area (Å²) in [5.41, 5.74) is 0.766. The van der Waals surface area contributed by atoms with Gasteiger partial charge in [-0.25, -0.2) is 0 Å². The number of carbonyl (C=O) groups is 1. The van der Waals surface area contributed by atoms with Gasteiger partial charge in [0.15, 0.2) is 5.11 Å². The van der Waals surface area contributed by atoms with E-state index in [-0.39, 0.29) is 11.8 Å². The maximum Gasteiger partial charge on any atom is 0.229 e. The minimum Gasteiger partial charge on any atom is -0.490 e. The molecular formula is C19H20N2O3S. The summed E-state index contributed by atoms with van der Waals surface area (Å²) in [5, 5.41) is 6.01. The molecule has 0 unspecified atom stereocenters. The van der Waals surface area contributed by atoms with Crippen LogP contribution in [-0.2, 0) is 4.79 Å². The first-order valence-corrected chi connectivity index (χ1v) is 8.64. The highest BCUT2D eigenvalue weighted by molar-refractivity contribution is 7.80. The smallest absolute Gasteiger partial charge is 0.229 e. The van der Waals surface area contributed by atoms with Crippen molar-refractivity contribution >= 4 is 28.9 Å². The zero-order valence-electron chi connectivity index (χ0n) is 13.7. The summed E-state index contributed by atoms with van der Waals surface area (Å²) in [6.07, 6.45) is 1.89. The van der Waals surface area contributed by atoms with Crippen LogP contribution in [0.15, 0.2) is 54.6 Å². The summed E-state index contributed by atoms with van der Waals surface area (Å²) < 4.78 is 11.3. The summed E-state index contributed by atoms with van der Waals surface area (Å²) in [6.45, 7) is 0.888. The Bertz CT molecular complexity index is 732. The predicted molar refractivity (Wildman–Crippen MR) is 101 cm³/mol. The summed E-state index contributed by atoms with van der Waals surface area (Å²) in [6, 6.07) is 17.0.